The van der Waals surface area contributed by atoms with Crippen molar-refractivity contribution in [1.29, 1.82) is 5.26 Å². The molecule has 1 unspecified atom stereocenters. The molecular weight excluding hydrogens is 354 g/mol. The quantitative estimate of drug-likeness (QED) is 0.583. The van der Waals surface area contributed by atoms with Crippen LogP contribution < -0.4 is 4.90 Å². The van der Waals surface area contributed by atoms with E-state index in [9.17, 15) is 0 Å². The Hall–Kier alpha value is -2.83. The van der Waals surface area contributed by atoms with Crippen molar-refractivity contribution >= 4 is 0 Å². The molecule has 2 aromatic carbocycles. The van der Waals surface area contributed by atoms with Crippen LogP contribution in [-0.4, -0.2) is 11.1 Å². The van der Waals surface area contributed by atoms with Crippen LogP contribution in [0.4, 0.5) is 0 Å². The van der Waals surface area contributed by atoms with Gasteiger partial charge in [-0.05, 0) is 49.1 Å². The third kappa shape index (κ3) is 6.34. The summed E-state index contributed by atoms with van der Waals surface area (Å²) in [6.45, 7) is 10.8. The molecule has 3 heteroatoms. The zero-order chi connectivity index (χ0) is 20.6. The highest BCUT2D eigenvalue weighted by molar-refractivity contribution is 5.31. The SMILES string of the molecule is Cc1cccc(Cn2cccc2C[NH+](CCC(C)C)Cc2ccc(C#N)cc2)c1. The molecule has 0 amide bonds. The van der Waals surface area contributed by atoms with Gasteiger partial charge in [0.1, 0.15) is 13.1 Å². The van der Waals surface area contributed by atoms with E-state index in [0.717, 1.165) is 31.7 Å². The van der Waals surface area contributed by atoms with E-state index < -0.39 is 0 Å². The third-order valence-corrected chi connectivity index (χ3v) is 5.40. The van der Waals surface area contributed by atoms with Gasteiger partial charge in [-0.15, -0.1) is 0 Å². The smallest absolute Gasteiger partial charge is 0.118 e. The summed E-state index contributed by atoms with van der Waals surface area (Å²) in [4.78, 5) is 1.56. The molecule has 29 heavy (non-hydrogen) atoms. The Kier molecular flexibility index (Phi) is 7.27. The maximum atomic E-state index is 9.04. The molecule has 0 saturated heterocycles. The van der Waals surface area contributed by atoms with Crippen molar-refractivity contribution in [2.45, 2.75) is 46.8 Å². The minimum atomic E-state index is 0.699. The molecule has 150 valence electrons. The number of aryl methyl sites for hydroxylation is 1. The molecule has 1 N–H and O–H groups in total. The Morgan fingerprint density at radius 1 is 0.966 bits per heavy atom. The van der Waals surface area contributed by atoms with Crippen molar-refractivity contribution in [3.05, 3.63) is 94.8 Å². The number of quaternary nitrogens is 1. The minimum absolute atomic E-state index is 0.699. The lowest BCUT2D eigenvalue weighted by Gasteiger charge is -2.22. The molecule has 1 aromatic heterocycles. The first-order valence-electron chi connectivity index (χ1n) is 10.6. The summed E-state index contributed by atoms with van der Waals surface area (Å²) in [5, 5.41) is 9.04. The molecule has 0 radical (unpaired) electrons. The molecule has 0 spiro atoms. The first-order valence-corrected chi connectivity index (χ1v) is 10.6. The molecule has 0 fully saturated rings. The van der Waals surface area contributed by atoms with Crippen LogP contribution in [0.3, 0.4) is 0 Å². The lowest BCUT2D eigenvalue weighted by atomic mass is 10.1. The number of nitrogens with zero attached hydrogens (tertiary/aromatic N) is 2. The topological polar surface area (TPSA) is 33.2 Å². The standard InChI is InChI=1S/C26H31N3/c1-21(2)13-15-28(18-24-11-9-23(17-27)10-12-24)20-26-8-5-14-29(26)19-25-7-4-6-22(3)16-25/h4-12,14,16,21H,13,15,18-20H2,1-3H3/p+1. The Balaban J connectivity index is 1.73. The summed E-state index contributed by atoms with van der Waals surface area (Å²) in [6, 6.07) is 23.4. The van der Waals surface area contributed by atoms with E-state index in [2.05, 4.69) is 86.1 Å². The van der Waals surface area contributed by atoms with Gasteiger partial charge < -0.3 is 9.47 Å². The summed E-state index contributed by atoms with van der Waals surface area (Å²) < 4.78 is 2.38. The Labute approximate surface area is 175 Å². The molecule has 3 aromatic rings. The van der Waals surface area contributed by atoms with Crippen molar-refractivity contribution in [1.82, 2.24) is 4.57 Å². The first-order chi connectivity index (χ1) is 14.0. The average molecular weight is 387 g/mol. The van der Waals surface area contributed by atoms with Crippen LogP contribution >= 0.6 is 0 Å². The van der Waals surface area contributed by atoms with Crippen molar-refractivity contribution in [2.24, 2.45) is 5.92 Å². The van der Waals surface area contributed by atoms with E-state index in [1.54, 1.807) is 4.90 Å². The van der Waals surface area contributed by atoms with Crippen molar-refractivity contribution in [3.63, 3.8) is 0 Å². The molecule has 1 atom stereocenters. The first kappa shape index (κ1) is 20.9. The second-order valence-electron chi connectivity index (χ2n) is 8.46. The van der Waals surface area contributed by atoms with Crippen LogP contribution in [0.25, 0.3) is 0 Å². The molecular formula is C26H32N3+. The van der Waals surface area contributed by atoms with Gasteiger partial charge in [0.2, 0.25) is 0 Å². The lowest BCUT2D eigenvalue weighted by Crippen LogP contribution is -3.09. The second-order valence-corrected chi connectivity index (χ2v) is 8.46. The van der Waals surface area contributed by atoms with Gasteiger partial charge in [-0.3, -0.25) is 0 Å². The predicted molar refractivity (Wildman–Crippen MR) is 119 cm³/mol. The molecule has 1 heterocycles. The van der Waals surface area contributed by atoms with Gasteiger partial charge >= 0.3 is 0 Å². The minimum Gasteiger partial charge on any atom is -0.342 e. The van der Waals surface area contributed by atoms with Gasteiger partial charge in [-0.1, -0.05) is 55.8 Å². The lowest BCUT2D eigenvalue weighted by molar-refractivity contribution is -0.928. The van der Waals surface area contributed by atoms with E-state index in [-0.39, 0.29) is 0 Å². The molecule has 0 aliphatic heterocycles. The maximum absolute atomic E-state index is 9.04. The van der Waals surface area contributed by atoms with Crippen molar-refractivity contribution in [3.8, 4) is 6.07 Å². The van der Waals surface area contributed by atoms with E-state index in [0.29, 0.717) is 5.92 Å². The van der Waals surface area contributed by atoms with E-state index in [4.69, 9.17) is 5.26 Å². The Morgan fingerprint density at radius 3 is 2.45 bits per heavy atom. The van der Waals surface area contributed by atoms with Crippen LogP contribution in [0.15, 0.2) is 66.9 Å². The number of rotatable bonds is 9. The fourth-order valence-electron chi connectivity index (χ4n) is 3.75. The number of hydrogen-bond donors (Lipinski definition) is 1. The van der Waals surface area contributed by atoms with Crippen LogP contribution in [0, 0.1) is 24.2 Å². The van der Waals surface area contributed by atoms with Gasteiger partial charge in [0.05, 0.1) is 23.9 Å². The largest absolute Gasteiger partial charge is 0.342 e. The van der Waals surface area contributed by atoms with E-state index in [1.807, 2.05) is 12.1 Å². The number of benzene rings is 2. The highest BCUT2D eigenvalue weighted by atomic mass is 15.1. The monoisotopic (exact) mass is 386 g/mol. The van der Waals surface area contributed by atoms with Crippen LogP contribution in [-0.2, 0) is 19.6 Å². The maximum Gasteiger partial charge on any atom is 0.118 e. The van der Waals surface area contributed by atoms with Crippen LogP contribution in [0.5, 0.6) is 0 Å². The van der Waals surface area contributed by atoms with Crippen LogP contribution in [0.2, 0.25) is 0 Å². The molecule has 0 bridgehead atoms. The summed E-state index contributed by atoms with van der Waals surface area (Å²) in [7, 11) is 0. The number of hydrogen-bond acceptors (Lipinski definition) is 1. The predicted octanol–water partition coefficient (Wildman–Crippen LogP) is 4.35. The number of nitriles is 1. The normalized spacial score (nSPS) is 12.1. The van der Waals surface area contributed by atoms with Gasteiger partial charge in [0.15, 0.2) is 0 Å². The second kappa shape index (κ2) is 10.1. The highest BCUT2D eigenvalue weighted by Gasteiger charge is 2.14. The Bertz CT molecular complexity index is 945. The summed E-state index contributed by atoms with van der Waals surface area (Å²) in [6.07, 6.45) is 3.41. The molecule has 0 saturated carbocycles. The van der Waals surface area contributed by atoms with Gasteiger partial charge in [0.25, 0.3) is 0 Å². The van der Waals surface area contributed by atoms with E-state index in [1.165, 1.54) is 28.8 Å². The average Bonchev–Trinajstić information content (AvgIpc) is 3.13. The summed E-state index contributed by atoms with van der Waals surface area (Å²) in [5.41, 5.74) is 6.04. The van der Waals surface area contributed by atoms with Gasteiger partial charge in [-0.25, -0.2) is 0 Å². The number of aromatic nitrogens is 1. The molecule has 0 aliphatic rings. The fourth-order valence-corrected chi connectivity index (χ4v) is 3.75. The van der Waals surface area contributed by atoms with Gasteiger partial charge in [0, 0.05) is 18.3 Å². The zero-order valence-corrected chi connectivity index (χ0v) is 17.9. The molecule has 0 aliphatic carbocycles. The fraction of sp³-hybridized carbons (Fsp3) is 0.346. The van der Waals surface area contributed by atoms with Gasteiger partial charge in [-0.2, -0.15) is 5.26 Å². The summed E-state index contributed by atoms with van der Waals surface area (Å²) >= 11 is 0. The number of nitrogens with one attached hydrogen (secondary N) is 1. The summed E-state index contributed by atoms with van der Waals surface area (Å²) in [5.74, 6) is 0.699. The van der Waals surface area contributed by atoms with Crippen molar-refractivity contribution in [2.75, 3.05) is 6.54 Å². The molecule has 3 nitrogen and oxygen atoms in total. The Morgan fingerprint density at radius 2 is 1.76 bits per heavy atom. The van der Waals surface area contributed by atoms with Crippen molar-refractivity contribution < 1.29 is 4.90 Å². The zero-order valence-electron chi connectivity index (χ0n) is 17.9. The molecule has 3 rings (SSSR count). The van der Waals surface area contributed by atoms with Crippen LogP contribution in [0.1, 0.15) is 48.2 Å². The highest BCUT2D eigenvalue weighted by Crippen LogP contribution is 2.10. The third-order valence-electron chi connectivity index (χ3n) is 5.40. The van der Waals surface area contributed by atoms with E-state index >= 15 is 0 Å².